The van der Waals surface area contributed by atoms with Crippen LogP contribution in [0.25, 0.3) is 11.3 Å². The van der Waals surface area contributed by atoms with Crippen LogP contribution in [0.1, 0.15) is 11.4 Å². The highest BCUT2D eigenvalue weighted by Gasteiger charge is 2.15. The first-order chi connectivity index (χ1) is 16.1. The third-order valence-corrected chi connectivity index (χ3v) is 6.58. The second-order valence-corrected chi connectivity index (χ2v) is 8.84. The molecule has 2 aromatic heterocycles. The molecule has 0 atom stereocenters. The molecule has 0 saturated heterocycles. The molecule has 0 saturated carbocycles. The molecule has 2 heterocycles. The van der Waals surface area contributed by atoms with Crippen LogP contribution in [-0.2, 0) is 11.3 Å². The van der Waals surface area contributed by atoms with Crippen molar-refractivity contribution < 1.29 is 14.3 Å². The van der Waals surface area contributed by atoms with Crippen LogP contribution in [0.4, 0.5) is 5.13 Å². The van der Waals surface area contributed by atoms with E-state index in [-0.39, 0.29) is 11.7 Å². The molecule has 0 bridgehead atoms. The summed E-state index contributed by atoms with van der Waals surface area (Å²) in [5, 5.41) is 14.4. The summed E-state index contributed by atoms with van der Waals surface area (Å²) in [5.41, 5.74) is 2.70. The number of aryl methyl sites for hydroxylation is 1. The molecule has 8 nitrogen and oxygen atoms in total. The number of thioether (sulfide) groups is 1. The second kappa shape index (κ2) is 10.5. The van der Waals surface area contributed by atoms with Gasteiger partial charge in [0.1, 0.15) is 17.3 Å². The minimum Gasteiger partial charge on any atom is -0.497 e. The van der Waals surface area contributed by atoms with Gasteiger partial charge in [-0.3, -0.25) is 4.79 Å². The highest BCUT2D eigenvalue weighted by molar-refractivity contribution is 7.99. The Kier molecular flexibility index (Phi) is 7.26. The zero-order valence-electron chi connectivity index (χ0n) is 18.4. The van der Waals surface area contributed by atoms with Gasteiger partial charge in [-0.05, 0) is 24.6 Å². The third kappa shape index (κ3) is 5.52. The van der Waals surface area contributed by atoms with Gasteiger partial charge in [0, 0.05) is 17.0 Å². The summed E-state index contributed by atoms with van der Waals surface area (Å²) in [7, 11) is 3.21. The molecule has 0 aliphatic rings. The predicted octanol–water partition coefficient (Wildman–Crippen LogP) is 4.51. The monoisotopic (exact) mass is 481 g/mol. The van der Waals surface area contributed by atoms with E-state index in [9.17, 15) is 4.79 Å². The van der Waals surface area contributed by atoms with Crippen molar-refractivity contribution in [3.05, 3.63) is 65.3 Å². The quantitative estimate of drug-likeness (QED) is 0.352. The van der Waals surface area contributed by atoms with Crippen LogP contribution in [0, 0.1) is 6.92 Å². The Morgan fingerprint density at radius 2 is 1.94 bits per heavy atom. The maximum Gasteiger partial charge on any atom is 0.236 e. The molecule has 0 radical (unpaired) electrons. The van der Waals surface area contributed by atoms with Gasteiger partial charge in [-0.15, -0.1) is 21.5 Å². The number of carbonyl (C=O) groups excluding carboxylic acids is 1. The average molecular weight is 482 g/mol. The number of aromatic nitrogens is 4. The number of amides is 1. The van der Waals surface area contributed by atoms with Crippen LogP contribution >= 0.6 is 23.1 Å². The Morgan fingerprint density at radius 3 is 2.70 bits per heavy atom. The Bertz CT molecular complexity index is 1240. The lowest BCUT2D eigenvalue weighted by Crippen LogP contribution is -2.14. The molecule has 0 fully saturated rings. The predicted molar refractivity (Wildman–Crippen MR) is 130 cm³/mol. The molecule has 1 amide bonds. The minimum absolute atomic E-state index is 0.158. The highest BCUT2D eigenvalue weighted by atomic mass is 32.2. The van der Waals surface area contributed by atoms with Gasteiger partial charge in [0.05, 0.1) is 32.2 Å². The van der Waals surface area contributed by atoms with Crippen LogP contribution in [0.2, 0.25) is 0 Å². The van der Waals surface area contributed by atoms with Gasteiger partial charge >= 0.3 is 0 Å². The summed E-state index contributed by atoms with van der Waals surface area (Å²) < 4.78 is 12.7. The first kappa shape index (κ1) is 22.8. The van der Waals surface area contributed by atoms with Crippen LogP contribution in [0.15, 0.2) is 59.1 Å². The van der Waals surface area contributed by atoms with Gasteiger partial charge in [0.25, 0.3) is 0 Å². The lowest BCUT2D eigenvalue weighted by molar-refractivity contribution is -0.113. The zero-order valence-corrected chi connectivity index (χ0v) is 20.1. The normalized spacial score (nSPS) is 10.8. The number of hydrogen-bond acceptors (Lipinski definition) is 8. The number of benzene rings is 2. The van der Waals surface area contributed by atoms with Crippen molar-refractivity contribution in [2.45, 2.75) is 18.6 Å². The molecule has 0 spiro atoms. The first-order valence-corrected chi connectivity index (χ1v) is 12.0. The van der Waals surface area contributed by atoms with Gasteiger partial charge in [0.2, 0.25) is 5.91 Å². The molecular weight excluding hydrogens is 458 g/mol. The molecule has 170 valence electrons. The van der Waals surface area contributed by atoms with Gasteiger partial charge in [0.15, 0.2) is 10.3 Å². The van der Waals surface area contributed by atoms with Crippen molar-refractivity contribution in [1.82, 2.24) is 19.7 Å². The molecule has 2 aromatic carbocycles. The maximum atomic E-state index is 12.6. The SMILES string of the molecule is COc1ccc(-c2csc(NC(=O)CSc3nnc(C)n3Cc3ccccc3)n2)c(OC)c1. The fourth-order valence-electron chi connectivity index (χ4n) is 3.17. The topological polar surface area (TPSA) is 91.2 Å². The Balaban J connectivity index is 1.39. The largest absolute Gasteiger partial charge is 0.497 e. The first-order valence-electron chi connectivity index (χ1n) is 10.1. The maximum absolute atomic E-state index is 12.6. The second-order valence-electron chi connectivity index (χ2n) is 7.04. The van der Waals surface area contributed by atoms with E-state index < -0.39 is 0 Å². The third-order valence-electron chi connectivity index (χ3n) is 4.85. The lowest BCUT2D eigenvalue weighted by Gasteiger charge is -2.09. The van der Waals surface area contributed by atoms with E-state index in [2.05, 4.69) is 32.6 Å². The van der Waals surface area contributed by atoms with Gasteiger partial charge < -0.3 is 19.4 Å². The van der Waals surface area contributed by atoms with Crippen molar-refractivity contribution in [3.8, 4) is 22.8 Å². The van der Waals surface area contributed by atoms with E-state index >= 15 is 0 Å². The van der Waals surface area contributed by atoms with Gasteiger partial charge in [-0.2, -0.15) is 0 Å². The lowest BCUT2D eigenvalue weighted by atomic mass is 10.1. The van der Waals surface area contributed by atoms with Crippen molar-refractivity contribution in [3.63, 3.8) is 0 Å². The number of anilines is 1. The molecule has 4 aromatic rings. The Labute approximate surface area is 200 Å². The molecule has 10 heteroatoms. The standard InChI is InChI=1S/C23H23N5O3S2/c1-15-26-27-23(28(15)12-16-7-5-4-6-8-16)33-14-21(29)25-22-24-19(13-32-22)18-10-9-17(30-2)11-20(18)31-3/h4-11,13H,12,14H2,1-3H3,(H,24,25,29). The van der Waals surface area contributed by atoms with Crippen molar-refractivity contribution >= 4 is 34.1 Å². The van der Waals surface area contributed by atoms with Gasteiger partial charge in [-0.25, -0.2) is 4.98 Å². The molecule has 1 N–H and O–H groups in total. The summed E-state index contributed by atoms with van der Waals surface area (Å²) in [6.07, 6.45) is 0. The summed E-state index contributed by atoms with van der Waals surface area (Å²) in [5.74, 6) is 2.20. The molecule has 0 aliphatic heterocycles. The van der Waals surface area contributed by atoms with E-state index in [1.54, 1.807) is 20.3 Å². The van der Waals surface area contributed by atoms with Gasteiger partial charge in [-0.1, -0.05) is 42.1 Å². The van der Waals surface area contributed by atoms with E-state index in [1.807, 2.05) is 47.2 Å². The van der Waals surface area contributed by atoms with E-state index in [4.69, 9.17) is 9.47 Å². The summed E-state index contributed by atoms with van der Waals surface area (Å²) in [4.78, 5) is 17.1. The number of nitrogens with zero attached hydrogens (tertiary/aromatic N) is 4. The van der Waals surface area contributed by atoms with E-state index in [1.165, 1.54) is 23.1 Å². The Morgan fingerprint density at radius 1 is 1.12 bits per heavy atom. The van der Waals surface area contributed by atoms with Crippen molar-refractivity contribution in [2.75, 3.05) is 25.3 Å². The number of thiazole rings is 1. The van der Waals surface area contributed by atoms with Crippen LogP contribution in [-0.4, -0.2) is 45.6 Å². The van der Waals surface area contributed by atoms with Crippen LogP contribution in [0.3, 0.4) is 0 Å². The molecule has 33 heavy (non-hydrogen) atoms. The molecule has 0 aliphatic carbocycles. The van der Waals surface area contributed by atoms with E-state index in [0.29, 0.717) is 28.3 Å². The van der Waals surface area contributed by atoms with Crippen LogP contribution < -0.4 is 14.8 Å². The number of hydrogen-bond donors (Lipinski definition) is 1. The molecule has 4 rings (SSSR count). The smallest absolute Gasteiger partial charge is 0.236 e. The minimum atomic E-state index is -0.158. The van der Waals surface area contributed by atoms with E-state index in [0.717, 1.165) is 22.6 Å². The number of carbonyl (C=O) groups is 1. The number of methoxy groups -OCH3 is 2. The fourth-order valence-corrected chi connectivity index (χ4v) is 4.68. The fraction of sp³-hybridized carbons (Fsp3) is 0.217. The van der Waals surface area contributed by atoms with Crippen molar-refractivity contribution in [1.29, 1.82) is 0 Å². The zero-order chi connectivity index (χ0) is 23.2. The summed E-state index contributed by atoms with van der Waals surface area (Å²) in [6, 6.07) is 15.6. The number of ether oxygens (including phenoxy) is 2. The molecular formula is C23H23N5O3S2. The molecule has 0 unspecified atom stereocenters. The Hall–Kier alpha value is -3.37. The average Bonchev–Trinajstić information content (AvgIpc) is 3.44. The van der Waals surface area contributed by atoms with Crippen molar-refractivity contribution in [2.24, 2.45) is 0 Å². The highest BCUT2D eigenvalue weighted by Crippen LogP contribution is 2.34. The number of nitrogens with one attached hydrogen (secondary N) is 1. The summed E-state index contributed by atoms with van der Waals surface area (Å²) >= 11 is 2.71. The summed E-state index contributed by atoms with van der Waals surface area (Å²) in [6.45, 7) is 2.56. The number of rotatable bonds is 9. The van der Waals surface area contributed by atoms with Crippen LogP contribution in [0.5, 0.6) is 11.5 Å².